The van der Waals surface area contributed by atoms with Gasteiger partial charge in [0.15, 0.2) is 0 Å². The van der Waals surface area contributed by atoms with E-state index in [2.05, 4.69) is 0 Å². The molecule has 0 amide bonds. The molecule has 0 aliphatic carbocycles. The van der Waals surface area contributed by atoms with Gasteiger partial charge < -0.3 is 10.2 Å². The zero-order valence-electron chi connectivity index (χ0n) is 10.1. The van der Waals surface area contributed by atoms with Gasteiger partial charge in [-0.15, -0.1) is 0 Å². The molecule has 0 fully saturated rings. The van der Waals surface area contributed by atoms with E-state index in [4.69, 9.17) is 0 Å². The van der Waals surface area contributed by atoms with Crippen LogP contribution in [0.25, 0.3) is 0 Å². The molecule has 3 nitrogen and oxygen atoms in total. The molecule has 0 saturated carbocycles. The SMILES string of the molecule is O=C(O)C(Cc1cccc(O)c1)c1cccc(F)c1. The van der Waals surface area contributed by atoms with Crippen LogP contribution in [0.15, 0.2) is 48.5 Å². The molecule has 0 spiro atoms. The Hall–Kier alpha value is -2.36. The van der Waals surface area contributed by atoms with E-state index in [1.165, 1.54) is 30.3 Å². The van der Waals surface area contributed by atoms with Crippen LogP contribution >= 0.6 is 0 Å². The molecule has 0 saturated heterocycles. The third kappa shape index (κ3) is 3.31. The number of hydrogen-bond donors (Lipinski definition) is 2. The standard InChI is InChI=1S/C15H13FO3/c16-12-5-2-4-11(9-12)14(15(18)19)8-10-3-1-6-13(17)7-10/h1-7,9,14,17H,8H2,(H,18,19). The molecule has 19 heavy (non-hydrogen) atoms. The van der Waals surface area contributed by atoms with Crippen molar-refractivity contribution >= 4 is 5.97 Å². The zero-order valence-corrected chi connectivity index (χ0v) is 10.1. The fourth-order valence-corrected chi connectivity index (χ4v) is 1.99. The Bertz CT molecular complexity index is 595. The van der Waals surface area contributed by atoms with E-state index in [0.29, 0.717) is 11.1 Å². The first-order chi connectivity index (χ1) is 9.06. The number of carboxylic acids is 1. The van der Waals surface area contributed by atoms with Crippen LogP contribution < -0.4 is 0 Å². The molecule has 0 radical (unpaired) electrons. The number of phenolic OH excluding ortho intramolecular Hbond substituents is 1. The molecule has 1 atom stereocenters. The minimum Gasteiger partial charge on any atom is -0.508 e. The smallest absolute Gasteiger partial charge is 0.311 e. The third-order valence-corrected chi connectivity index (χ3v) is 2.90. The average molecular weight is 260 g/mol. The van der Waals surface area contributed by atoms with E-state index < -0.39 is 17.7 Å². The highest BCUT2D eigenvalue weighted by Crippen LogP contribution is 2.23. The molecule has 0 aromatic heterocycles. The number of aromatic hydroxyl groups is 1. The number of carbonyl (C=O) groups is 1. The molecule has 2 rings (SSSR count). The number of halogens is 1. The number of carboxylic acid groups (broad SMARTS) is 1. The highest BCUT2D eigenvalue weighted by atomic mass is 19.1. The molecule has 0 heterocycles. The lowest BCUT2D eigenvalue weighted by Gasteiger charge is -2.13. The lowest BCUT2D eigenvalue weighted by molar-refractivity contribution is -0.138. The average Bonchev–Trinajstić information content (AvgIpc) is 2.35. The summed E-state index contributed by atoms with van der Waals surface area (Å²) in [6.07, 6.45) is 0.202. The molecular weight excluding hydrogens is 247 g/mol. The summed E-state index contributed by atoms with van der Waals surface area (Å²) in [6, 6.07) is 12.0. The molecule has 2 N–H and O–H groups in total. The molecule has 98 valence electrons. The van der Waals surface area contributed by atoms with E-state index >= 15 is 0 Å². The second kappa shape index (κ2) is 5.52. The topological polar surface area (TPSA) is 57.5 Å². The summed E-state index contributed by atoms with van der Waals surface area (Å²) in [5.74, 6) is -2.23. The summed E-state index contributed by atoms with van der Waals surface area (Å²) < 4.78 is 13.2. The Morgan fingerprint density at radius 3 is 2.53 bits per heavy atom. The highest BCUT2D eigenvalue weighted by Gasteiger charge is 2.20. The van der Waals surface area contributed by atoms with Crippen molar-refractivity contribution < 1.29 is 19.4 Å². The van der Waals surface area contributed by atoms with Gasteiger partial charge >= 0.3 is 5.97 Å². The molecular formula is C15H13FO3. The highest BCUT2D eigenvalue weighted by molar-refractivity contribution is 5.76. The summed E-state index contributed by atoms with van der Waals surface area (Å²) >= 11 is 0. The Morgan fingerprint density at radius 1 is 1.16 bits per heavy atom. The van der Waals surface area contributed by atoms with E-state index in [9.17, 15) is 19.4 Å². The van der Waals surface area contributed by atoms with Crippen molar-refractivity contribution in [3.8, 4) is 5.75 Å². The fraction of sp³-hybridized carbons (Fsp3) is 0.133. The summed E-state index contributed by atoms with van der Waals surface area (Å²) in [5.41, 5.74) is 1.10. The van der Waals surface area contributed by atoms with Crippen LogP contribution in [0, 0.1) is 5.82 Å². The maximum atomic E-state index is 13.2. The van der Waals surface area contributed by atoms with E-state index in [1.54, 1.807) is 18.2 Å². The second-order valence-corrected chi connectivity index (χ2v) is 4.32. The molecule has 0 bridgehead atoms. The molecule has 2 aromatic rings. The van der Waals surface area contributed by atoms with Crippen molar-refractivity contribution in [1.29, 1.82) is 0 Å². The monoisotopic (exact) mass is 260 g/mol. The van der Waals surface area contributed by atoms with Crippen LogP contribution in [0.5, 0.6) is 5.75 Å². The zero-order chi connectivity index (χ0) is 13.8. The van der Waals surface area contributed by atoms with Crippen LogP contribution in [0.1, 0.15) is 17.0 Å². The fourth-order valence-electron chi connectivity index (χ4n) is 1.99. The summed E-state index contributed by atoms with van der Waals surface area (Å²) in [4.78, 5) is 11.3. The van der Waals surface area contributed by atoms with E-state index in [-0.39, 0.29) is 12.2 Å². The Balaban J connectivity index is 2.29. The maximum absolute atomic E-state index is 13.2. The van der Waals surface area contributed by atoms with E-state index in [1.807, 2.05) is 0 Å². The summed E-state index contributed by atoms with van der Waals surface area (Å²) in [7, 11) is 0. The third-order valence-electron chi connectivity index (χ3n) is 2.90. The van der Waals surface area contributed by atoms with Crippen molar-refractivity contribution in [2.24, 2.45) is 0 Å². The van der Waals surface area contributed by atoms with Gasteiger partial charge in [-0.05, 0) is 41.8 Å². The van der Waals surface area contributed by atoms with Crippen LogP contribution in [0.2, 0.25) is 0 Å². The van der Waals surface area contributed by atoms with Gasteiger partial charge in [-0.1, -0.05) is 24.3 Å². The van der Waals surface area contributed by atoms with Crippen molar-refractivity contribution in [3.63, 3.8) is 0 Å². The van der Waals surface area contributed by atoms with Crippen LogP contribution in [-0.4, -0.2) is 16.2 Å². The van der Waals surface area contributed by atoms with Gasteiger partial charge in [-0.3, -0.25) is 4.79 Å². The number of benzene rings is 2. The predicted molar refractivity (Wildman–Crippen MR) is 68.6 cm³/mol. The first kappa shape index (κ1) is 13.1. The summed E-state index contributed by atoms with van der Waals surface area (Å²) in [5, 5.41) is 18.6. The molecule has 0 aliphatic rings. The van der Waals surface area contributed by atoms with Gasteiger partial charge in [0, 0.05) is 0 Å². The first-order valence-electron chi connectivity index (χ1n) is 5.82. The Labute approximate surface area is 109 Å². The maximum Gasteiger partial charge on any atom is 0.311 e. The number of aliphatic carboxylic acids is 1. The molecule has 0 aliphatic heterocycles. The van der Waals surface area contributed by atoms with Gasteiger partial charge in [-0.25, -0.2) is 4.39 Å². The first-order valence-corrected chi connectivity index (χ1v) is 5.82. The van der Waals surface area contributed by atoms with Crippen molar-refractivity contribution in [2.75, 3.05) is 0 Å². The van der Waals surface area contributed by atoms with Crippen LogP contribution in [-0.2, 0) is 11.2 Å². The number of hydrogen-bond acceptors (Lipinski definition) is 2. The van der Waals surface area contributed by atoms with Crippen LogP contribution in [0.4, 0.5) is 4.39 Å². The second-order valence-electron chi connectivity index (χ2n) is 4.32. The molecule has 2 aromatic carbocycles. The van der Waals surface area contributed by atoms with Crippen molar-refractivity contribution in [1.82, 2.24) is 0 Å². The van der Waals surface area contributed by atoms with Gasteiger partial charge in [0.25, 0.3) is 0 Å². The lowest BCUT2D eigenvalue weighted by Crippen LogP contribution is -2.14. The molecule has 4 heteroatoms. The van der Waals surface area contributed by atoms with Crippen LogP contribution in [0.3, 0.4) is 0 Å². The summed E-state index contributed by atoms with van der Waals surface area (Å²) in [6.45, 7) is 0. The number of phenols is 1. The number of rotatable bonds is 4. The van der Waals surface area contributed by atoms with E-state index in [0.717, 1.165) is 0 Å². The minimum absolute atomic E-state index is 0.0841. The van der Waals surface area contributed by atoms with Gasteiger partial charge in [0.1, 0.15) is 11.6 Å². The van der Waals surface area contributed by atoms with Gasteiger partial charge in [-0.2, -0.15) is 0 Å². The lowest BCUT2D eigenvalue weighted by atomic mass is 9.92. The van der Waals surface area contributed by atoms with Crippen molar-refractivity contribution in [3.05, 3.63) is 65.5 Å². The largest absolute Gasteiger partial charge is 0.508 e. The van der Waals surface area contributed by atoms with Crippen molar-refractivity contribution in [2.45, 2.75) is 12.3 Å². The quantitative estimate of drug-likeness (QED) is 0.888. The Morgan fingerprint density at radius 2 is 1.89 bits per heavy atom. The van der Waals surface area contributed by atoms with Gasteiger partial charge in [0.2, 0.25) is 0 Å². The normalized spacial score (nSPS) is 12.1. The predicted octanol–water partition coefficient (Wildman–Crippen LogP) is 2.94. The minimum atomic E-state index is -1.02. The molecule has 1 unspecified atom stereocenters. The Kier molecular flexibility index (Phi) is 3.80. The van der Waals surface area contributed by atoms with Gasteiger partial charge in [0.05, 0.1) is 5.92 Å².